The molecule has 0 amide bonds. The van der Waals surface area contributed by atoms with Gasteiger partial charge in [-0.15, -0.1) is 11.3 Å². The molecule has 0 saturated carbocycles. The summed E-state index contributed by atoms with van der Waals surface area (Å²) in [4.78, 5) is 14.4. The molecule has 0 aromatic carbocycles. The highest BCUT2D eigenvalue weighted by molar-refractivity contribution is 7.13. The molecule has 1 aliphatic heterocycles. The van der Waals surface area contributed by atoms with Gasteiger partial charge in [-0.1, -0.05) is 11.2 Å². The maximum atomic E-state index is 11.4. The van der Waals surface area contributed by atoms with Crippen molar-refractivity contribution in [1.82, 2.24) is 10.1 Å². The van der Waals surface area contributed by atoms with E-state index in [4.69, 9.17) is 4.52 Å². The Morgan fingerprint density at radius 2 is 2.50 bits per heavy atom. The second kappa shape index (κ2) is 5.03. The first kappa shape index (κ1) is 13.3. The molecule has 3 heterocycles. The fourth-order valence-corrected chi connectivity index (χ4v) is 3.30. The topological polar surface area (TPSA) is 66.6 Å². The van der Waals surface area contributed by atoms with Crippen LogP contribution < -0.4 is 0 Å². The summed E-state index contributed by atoms with van der Waals surface area (Å²) in [6, 6.07) is 5.84. The number of carboxylic acids is 1. The number of thiophene rings is 1. The lowest BCUT2D eigenvalue weighted by atomic mass is 9.99. The summed E-state index contributed by atoms with van der Waals surface area (Å²) in [6.45, 7) is 3.07. The molecular formula is C14H16N2O3S. The third kappa shape index (κ3) is 2.25. The number of rotatable bonds is 4. The van der Waals surface area contributed by atoms with Crippen molar-refractivity contribution in [1.29, 1.82) is 0 Å². The highest BCUT2D eigenvalue weighted by Crippen LogP contribution is 2.32. The standard InChI is InChI=1S/C14H16N2O3S/c1-14(13(17)18)5-3-6-16(14)9-10-8-11(19-15-10)12-4-2-7-20-12/h2,4,7-8H,3,5-6,9H2,1H3,(H,17,18). The molecule has 3 rings (SSSR count). The van der Waals surface area contributed by atoms with Gasteiger partial charge in [-0.3, -0.25) is 9.69 Å². The number of hydrogen-bond donors (Lipinski definition) is 1. The SMILES string of the molecule is CC1(C(=O)O)CCCN1Cc1cc(-c2cccs2)on1. The summed E-state index contributed by atoms with van der Waals surface area (Å²) in [5.74, 6) is -0.0248. The van der Waals surface area contributed by atoms with Gasteiger partial charge in [0.05, 0.1) is 10.6 Å². The molecule has 2 aromatic rings. The van der Waals surface area contributed by atoms with Crippen LogP contribution in [-0.2, 0) is 11.3 Å². The first-order valence-corrected chi connectivity index (χ1v) is 7.45. The zero-order valence-electron chi connectivity index (χ0n) is 11.2. The number of carbonyl (C=O) groups is 1. The van der Waals surface area contributed by atoms with Gasteiger partial charge in [-0.25, -0.2) is 0 Å². The maximum absolute atomic E-state index is 11.4. The average molecular weight is 292 g/mol. The molecule has 1 N–H and O–H groups in total. The fraction of sp³-hybridized carbons (Fsp3) is 0.429. The van der Waals surface area contributed by atoms with Crippen LogP contribution in [0, 0.1) is 0 Å². The van der Waals surface area contributed by atoms with Crippen molar-refractivity contribution in [2.45, 2.75) is 31.8 Å². The second-order valence-electron chi connectivity index (χ2n) is 5.26. The third-order valence-corrected chi connectivity index (χ3v) is 4.81. The van der Waals surface area contributed by atoms with E-state index in [0.717, 1.165) is 29.3 Å². The predicted octanol–water partition coefficient (Wildman–Crippen LogP) is 2.84. The van der Waals surface area contributed by atoms with Crippen LogP contribution in [0.3, 0.4) is 0 Å². The highest BCUT2D eigenvalue weighted by Gasteiger charge is 2.43. The van der Waals surface area contributed by atoms with Crippen molar-refractivity contribution in [3.8, 4) is 10.6 Å². The minimum atomic E-state index is -0.790. The Bertz CT molecular complexity index is 608. The van der Waals surface area contributed by atoms with Crippen LogP contribution in [-0.4, -0.2) is 33.2 Å². The van der Waals surface area contributed by atoms with E-state index >= 15 is 0 Å². The van der Waals surface area contributed by atoms with Crippen LogP contribution in [0.4, 0.5) is 0 Å². The number of aromatic nitrogens is 1. The van der Waals surface area contributed by atoms with E-state index in [-0.39, 0.29) is 0 Å². The molecule has 5 nitrogen and oxygen atoms in total. The van der Waals surface area contributed by atoms with Gasteiger partial charge >= 0.3 is 5.97 Å². The van der Waals surface area contributed by atoms with E-state index in [1.165, 1.54) is 0 Å². The van der Waals surface area contributed by atoms with E-state index in [2.05, 4.69) is 5.16 Å². The molecule has 1 aliphatic rings. The van der Waals surface area contributed by atoms with Crippen molar-refractivity contribution in [3.05, 3.63) is 29.3 Å². The Morgan fingerprint density at radius 1 is 1.65 bits per heavy atom. The molecule has 0 aliphatic carbocycles. The van der Waals surface area contributed by atoms with Gasteiger partial charge in [0.15, 0.2) is 5.76 Å². The summed E-state index contributed by atoms with van der Waals surface area (Å²) < 4.78 is 5.33. The Kier molecular flexibility index (Phi) is 3.35. The molecule has 20 heavy (non-hydrogen) atoms. The maximum Gasteiger partial charge on any atom is 0.323 e. The monoisotopic (exact) mass is 292 g/mol. The Hall–Kier alpha value is -1.66. The van der Waals surface area contributed by atoms with Gasteiger partial charge < -0.3 is 9.63 Å². The molecule has 2 aromatic heterocycles. The molecular weight excluding hydrogens is 276 g/mol. The third-order valence-electron chi connectivity index (χ3n) is 3.93. The molecule has 0 bridgehead atoms. The summed E-state index contributed by atoms with van der Waals surface area (Å²) in [6.07, 6.45) is 1.58. The van der Waals surface area contributed by atoms with Gasteiger partial charge in [-0.2, -0.15) is 0 Å². The van der Waals surface area contributed by atoms with Crippen LogP contribution >= 0.6 is 11.3 Å². The molecule has 106 valence electrons. The first-order chi connectivity index (χ1) is 9.59. The summed E-state index contributed by atoms with van der Waals surface area (Å²) in [5.41, 5.74) is -0.00929. The van der Waals surface area contributed by atoms with E-state index in [9.17, 15) is 9.90 Å². The van der Waals surface area contributed by atoms with Crippen molar-refractivity contribution in [2.75, 3.05) is 6.54 Å². The number of likely N-dealkylation sites (tertiary alicyclic amines) is 1. The lowest BCUT2D eigenvalue weighted by Gasteiger charge is -2.30. The van der Waals surface area contributed by atoms with Gasteiger partial charge in [0.25, 0.3) is 0 Å². The summed E-state index contributed by atoms with van der Waals surface area (Å²) in [7, 11) is 0. The van der Waals surface area contributed by atoms with Gasteiger partial charge in [-0.05, 0) is 37.8 Å². The Labute approximate surface area is 120 Å². The van der Waals surface area contributed by atoms with Gasteiger partial charge in [0.2, 0.25) is 0 Å². The van der Waals surface area contributed by atoms with Gasteiger partial charge in [0, 0.05) is 12.6 Å². The molecule has 1 unspecified atom stereocenters. The van der Waals surface area contributed by atoms with Crippen molar-refractivity contribution >= 4 is 17.3 Å². The van der Waals surface area contributed by atoms with E-state index in [1.807, 2.05) is 28.5 Å². The van der Waals surface area contributed by atoms with E-state index < -0.39 is 11.5 Å². The fourth-order valence-electron chi connectivity index (χ4n) is 2.63. The van der Waals surface area contributed by atoms with Crippen LogP contribution in [0.25, 0.3) is 10.6 Å². The van der Waals surface area contributed by atoms with Crippen molar-refractivity contribution in [2.24, 2.45) is 0 Å². The number of hydrogen-bond acceptors (Lipinski definition) is 5. The zero-order valence-corrected chi connectivity index (χ0v) is 12.0. The Balaban J connectivity index is 1.77. The smallest absolute Gasteiger partial charge is 0.323 e. The lowest BCUT2D eigenvalue weighted by Crippen LogP contribution is -2.47. The van der Waals surface area contributed by atoms with Crippen molar-refractivity contribution < 1.29 is 14.4 Å². The van der Waals surface area contributed by atoms with Crippen molar-refractivity contribution in [3.63, 3.8) is 0 Å². The molecule has 0 radical (unpaired) electrons. The zero-order chi connectivity index (χ0) is 14.2. The summed E-state index contributed by atoms with van der Waals surface area (Å²) in [5, 5.41) is 15.4. The number of nitrogens with zero attached hydrogens (tertiary/aromatic N) is 2. The van der Waals surface area contributed by atoms with Crippen LogP contribution in [0.1, 0.15) is 25.5 Å². The van der Waals surface area contributed by atoms with Crippen LogP contribution in [0.5, 0.6) is 0 Å². The quantitative estimate of drug-likeness (QED) is 0.938. The van der Waals surface area contributed by atoms with E-state index in [1.54, 1.807) is 18.3 Å². The van der Waals surface area contributed by atoms with E-state index in [0.29, 0.717) is 13.0 Å². The Morgan fingerprint density at radius 3 is 3.20 bits per heavy atom. The lowest BCUT2D eigenvalue weighted by molar-refractivity contribution is -0.148. The van der Waals surface area contributed by atoms with Crippen LogP contribution in [0.15, 0.2) is 28.1 Å². The molecule has 0 spiro atoms. The average Bonchev–Trinajstić information content (AvgIpc) is 3.12. The molecule has 1 atom stereocenters. The normalized spacial score (nSPS) is 23.2. The van der Waals surface area contributed by atoms with Gasteiger partial charge in [0.1, 0.15) is 5.54 Å². The minimum absolute atomic E-state index is 0.512. The number of carboxylic acid groups (broad SMARTS) is 1. The molecule has 1 saturated heterocycles. The first-order valence-electron chi connectivity index (χ1n) is 6.57. The number of aliphatic carboxylic acids is 1. The largest absolute Gasteiger partial charge is 0.480 e. The minimum Gasteiger partial charge on any atom is -0.480 e. The predicted molar refractivity (Wildman–Crippen MR) is 75.5 cm³/mol. The molecule has 1 fully saturated rings. The van der Waals surface area contributed by atoms with Crippen LogP contribution in [0.2, 0.25) is 0 Å². The molecule has 6 heteroatoms. The summed E-state index contributed by atoms with van der Waals surface area (Å²) >= 11 is 1.60. The highest BCUT2D eigenvalue weighted by atomic mass is 32.1. The second-order valence-corrected chi connectivity index (χ2v) is 6.21.